The molecule has 1 unspecified atom stereocenters. The van der Waals surface area contributed by atoms with Gasteiger partial charge in [-0.25, -0.2) is 0 Å². The summed E-state index contributed by atoms with van der Waals surface area (Å²) in [5, 5.41) is 3.65. The average Bonchev–Trinajstić information content (AvgIpc) is 2.89. The van der Waals surface area contributed by atoms with Crippen molar-refractivity contribution in [3.63, 3.8) is 0 Å². The van der Waals surface area contributed by atoms with E-state index in [-0.39, 0.29) is 36.8 Å². The summed E-state index contributed by atoms with van der Waals surface area (Å²) in [7, 11) is 0. The predicted molar refractivity (Wildman–Crippen MR) is 150 cm³/mol. The summed E-state index contributed by atoms with van der Waals surface area (Å²) in [5.41, 5.74) is 2.90. The smallest absolute Gasteiger partial charge is 0.261 e. The first-order valence-electron chi connectivity index (χ1n) is 12.8. The minimum atomic E-state index is -0.701. The summed E-state index contributed by atoms with van der Waals surface area (Å²) in [6.45, 7) is 8.90. The Labute approximate surface area is 225 Å². The number of hydrogen-bond acceptors (Lipinski definition) is 3. The van der Waals surface area contributed by atoms with Gasteiger partial charge in [0.15, 0.2) is 6.61 Å². The molecule has 1 N–H and O–H groups in total. The molecule has 0 spiro atoms. The Bertz CT molecular complexity index is 1150. The first kappa shape index (κ1) is 28.3. The number of carbonyl (C=O) groups excluding carboxylic acids is 2. The number of carbonyl (C=O) groups is 2. The fraction of sp³-hybridized carbons (Fsp3) is 0.355. The van der Waals surface area contributed by atoms with E-state index in [0.717, 1.165) is 16.7 Å². The van der Waals surface area contributed by atoms with Gasteiger partial charge in [-0.1, -0.05) is 100.0 Å². The van der Waals surface area contributed by atoms with E-state index < -0.39 is 6.04 Å². The number of ether oxygens (including phenoxy) is 1. The number of nitrogens with zero attached hydrogens (tertiary/aromatic N) is 1. The van der Waals surface area contributed by atoms with Crippen molar-refractivity contribution < 1.29 is 14.3 Å². The number of para-hydroxylation sites is 1. The Hall–Kier alpha value is -3.31. The van der Waals surface area contributed by atoms with Crippen LogP contribution < -0.4 is 10.1 Å². The van der Waals surface area contributed by atoms with Gasteiger partial charge in [0.25, 0.3) is 5.91 Å². The number of benzene rings is 3. The molecule has 0 radical (unpaired) electrons. The predicted octanol–water partition coefficient (Wildman–Crippen LogP) is 6.25. The highest BCUT2D eigenvalue weighted by molar-refractivity contribution is 6.30. The molecule has 3 rings (SSSR count). The summed E-state index contributed by atoms with van der Waals surface area (Å²) in [6.07, 6.45) is 0.396. The van der Waals surface area contributed by atoms with Crippen LogP contribution in [0.15, 0.2) is 78.9 Å². The molecule has 37 heavy (non-hydrogen) atoms. The van der Waals surface area contributed by atoms with Gasteiger partial charge in [0.05, 0.1) is 0 Å². The maximum absolute atomic E-state index is 13.7. The Balaban J connectivity index is 1.91. The van der Waals surface area contributed by atoms with Gasteiger partial charge in [0, 0.05) is 24.5 Å². The molecule has 0 fully saturated rings. The first-order chi connectivity index (χ1) is 17.7. The van der Waals surface area contributed by atoms with Crippen LogP contribution in [-0.2, 0) is 22.6 Å². The van der Waals surface area contributed by atoms with Gasteiger partial charge >= 0.3 is 0 Å². The lowest BCUT2D eigenvalue weighted by Gasteiger charge is -2.32. The third kappa shape index (κ3) is 8.64. The zero-order valence-corrected chi connectivity index (χ0v) is 22.9. The molecular formula is C31H37ClN2O3. The van der Waals surface area contributed by atoms with E-state index >= 15 is 0 Å². The van der Waals surface area contributed by atoms with Crippen molar-refractivity contribution in [1.29, 1.82) is 0 Å². The van der Waals surface area contributed by atoms with Gasteiger partial charge in [-0.2, -0.15) is 0 Å². The molecule has 6 heteroatoms. The Morgan fingerprint density at radius 3 is 2.16 bits per heavy atom. The summed E-state index contributed by atoms with van der Waals surface area (Å²) < 4.78 is 6.03. The van der Waals surface area contributed by atoms with Crippen molar-refractivity contribution in [2.75, 3.05) is 13.2 Å². The molecule has 0 aromatic heterocycles. The molecule has 0 heterocycles. The van der Waals surface area contributed by atoms with Crippen LogP contribution in [-0.4, -0.2) is 35.9 Å². The zero-order valence-electron chi connectivity index (χ0n) is 22.1. The van der Waals surface area contributed by atoms with Gasteiger partial charge < -0.3 is 15.0 Å². The van der Waals surface area contributed by atoms with E-state index in [9.17, 15) is 9.59 Å². The van der Waals surface area contributed by atoms with E-state index in [0.29, 0.717) is 23.7 Å². The molecule has 2 amide bonds. The maximum Gasteiger partial charge on any atom is 0.261 e. The lowest BCUT2D eigenvalue weighted by molar-refractivity contribution is -0.142. The third-order valence-corrected chi connectivity index (χ3v) is 6.37. The number of amides is 2. The number of rotatable bonds is 12. The normalized spacial score (nSPS) is 11.9. The highest BCUT2D eigenvalue weighted by Gasteiger charge is 2.31. The topological polar surface area (TPSA) is 58.6 Å². The number of halogens is 1. The van der Waals surface area contributed by atoms with Crippen molar-refractivity contribution in [3.05, 3.63) is 101 Å². The molecule has 3 aromatic rings. The SMILES string of the molecule is CC(C)CNC(=O)C(Cc1ccccc1)N(Cc1ccc(Cl)cc1)C(=O)COc1ccccc1C(C)C. The van der Waals surface area contributed by atoms with Crippen LogP contribution in [0.1, 0.15) is 50.3 Å². The van der Waals surface area contributed by atoms with Crippen molar-refractivity contribution in [1.82, 2.24) is 10.2 Å². The summed E-state index contributed by atoms with van der Waals surface area (Å²) in [6, 6.07) is 24.2. The van der Waals surface area contributed by atoms with Gasteiger partial charge in [-0.05, 0) is 46.7 Å². The molecule has 196 valence electrons. The lowest BCUT2D eigenvalue weighted by Crippen LogP contribution is -2.52. The molecule has 5 nitrogen and oxygen atoms in total. The van der Waals surface area contributed by atoms with Crippen LogP contribution in [0.3, 0.4) is 0 Å². The van der Waals surface area contributed by atoms with E-state index in [1.165, 1.54) is 0 Å². The van der Waals surface area contributed by atoms with Crippen LogP contribution in [0.25, 0.3) is 0 Å². The Kier molecular flexibility index (Phi) is 10.6. The summed E-state index contributed by atoms with van der Waals surface area (Å²) in [5.74, 6) is 0.791. The molecule has 0 saturated carbocycles. The minimum absolute atomic E-state index is 0.167. The van der Waals surface area contributed by atoms with Gasteiger partial charge in [0.1, 0.15) is 11.8 Å². The maximum atomic E-state index is 13.7. The fourth-order valence-electron chi connectivity index (χ4n) is 4.07. The number of nitrogens with one attached hydrogen (secondary N) is 1. The molecule has 0 aliphatic rings. The van der Waals surface area contributed by atoms with E-state index in [1.807, 2.05) is 80.6 Å². The zero-order chi connectivity index (χ0) is 26.8. The lowest BCUT2D eigenvalue weighted by atomic mass is 10.0. The van der Waals surface area contributed by atoms with Crippen molar-refractivity contribution in [2.45, 2.75) is 52.6 Å². The molecule has 0 aliphatic heterocycles. The molecule has 0 aliphatic carbocycles. The second-order valence-electron chi connectivity index (χ2n) is 9.97. The monoisotopic (exact) mass is 520 g/mol. The van der Waals surface area contributed by atoms with Gasteiger partial charge in [-0.15, -0.1) is 0 Å². The molecule has 0 saturated heterocycles. The van der Waals surface area contributed by atoms with Crippen LogP contribution in [0.4, 0.5) is 0 Å². The van der Waals surface area contributed by atoms with Crippen LogP contribution in [0, 0.1) is 5.92 Å². The molecular weight excluding hydrogens is 484 g/mol. The van der Waals surface area contributed by atoms with Crippen LogP contribution >= 0.6 is 11.6 Å². The highest BCUT2D eigenvalue weighted by Crippen LogP contribution is 2.26. The number of hydrogen-bond donors (Lipinski definition) is 1. The van der Waals surface area contributed by atoms with E-state index in [1.54, 1.807) is 17.0 Å². The van der Waals surface area contributed by atoms with Crippen LogP contribution in [0.2, 0.25) is 5.02 Å². The second-order valence-corrected chi connectivity index (χ2v) is 10.4. The van der Waals surface area contributed by atoms with Crippen molar-refractivity contribution >= 4 is 23.4 Å². The minimum Gasteiger partial charge on any atom is -0.483 e. The molecule has 1 atom stereocenters. The van der Waals surface area contributed by atoms with Crippen molar-refractivity contribution in [2.24, 2.45) is 5.92 Å². The van der Waals surface area contributed by atoms with E-state index in [2.05, 4.69) is 19.2 Å². The fourth-order valence-corrected chi connectivity index (χ4v) is 4.20. The third-order valence-electron chi connectivity index (χ3n) is 6.11. The Morgan fingerprint density at radius 1 is 0.865 bits per heavy atom. The summed E-state index contributed by atoms with van der Waals surface area (Å²) in [4.78, 5) is 28.9. The quantitative estimate of drug-likeness (QED) is 0.307. The summed E-state index contributed by atoms with van der Waals surface area (Å²) >= 11 is 6.10. The Morgan fingerprint density at radius 2 is 1.51 bits per heavy atom. The van der Waals surface area contributed by atoms with Gasteiger partial charge in [0.2, 0.25) is 5.91 Å². The van der Waals surface area contributed by atoms with Gasteiger partial charge in [-0.3, -0.25) is 9.59 Å². The highest BCUT2D eigenvalue weighted by atomic mass is 35.5. The molecule has 0 bridgehead atoms. The first-order valence-corrected chi connectivity index (χ1v) is 13.2. The van der Waals surface area contributed by atoms with E-state index in [4.69, 9.17) is 16.3 Å². The standard InChI is InChI=1S/C31H37ClN2O3/c1-22(2)19-33-31(36)28(18-24-10-6-5-7-11-24)34(20-25-14-16-26(32)17-15-25)30(35)21-37-29-13-9-8-12-27(29)23(3)4/h5-17,22-23,28H,18-21H2,1-4H3,(H,33,36). The second kappa shape index (κ2) is 13.8. The molecule has 3 aromatic carbocycles. The van der Waals surface area contributed by atoms with Crippen LogP contribution in [0.5, 0.6) is 5.75 Å². The van der Waals surface area contributed by atoms with Crippen molar-refractivity contribution in [3.8, 4) is 5.75 Å². The largest absolute Gasteiger partial charge is 0.483 e. The average molecular weight is 521 g/mol.